The van der Waals surface area contributed by atoms with Gasteiger partial charge in [0, 0.05) is 38.0 Å². The zero-order valence-electron chi connectivity index (χ0n) is 21.9. The third-order valence-corrected chi connectivity index (χ3v) is 5.75. The number of carbonyl (C=O) groups excluding carboxylic acids is 1. The summed E-state index contributed by atoms with van der Waals surface area (Å²) in [6, 6.07) is 7.70. The number of benzene rings is 2. The Morgan fingerprint density at radius 2 is 1.66 bits per heavy atom. The van der Waals surface area contributed by atoms with E-state index in [1.165, 1.54) is 26.4 Å². The van der Waals surface area contributed by atoms with Gasteiger partial charge in [-0.05, 0) is 36.7 Å². The number of rotatable bonds is 6. The largest absolute Gasteiger partial charge is 0.493 e. The SMILES string of the molecule is C#C.CCN.COc1cc2c(N)nc(N3CCN(C(=O)CCc4ccc(F)cc4)CC3)nc2c(F)c1OC. The molecule has 1 aliphatic rings. The summed E-state index contributed by atoms with van der Waals surface area (Å²) < 4.78 is 38.3. The number of piperazine rings is 1. The van der Waals surface area contributed by atoms with Gasteiger partial charge in [0.05, 0.1) is 14.2 Å². The van der Waals surface area contributed by atoms with E-state index in [2.05, 4.69) is 22.8 Å². The second-order valence-corrected chi connectivity index (χ2v) is 8.13. The van der Waals surface area contributed by atoms with Gasteiger partial charge in [-0.2, -0.15) is 4.98 Å². The number of ether oxygens (including phenoxy) is 2. The molecule has 1 saturated heterocycles. The number of amides is 1. The quantitative estimate of drug-likeness (QED) is 0.469. The van der Waals surface area contributed by atoms with Gasteiger partial charge in [0.1, 0.15) is 17.2 Å². The van der Waals surface area contributed by atoms with Crippen molar-refractivity contribution in [1.82, 2.24) is 14.9 Å². The molecule has 4 N–H and O–H groups in total. The molecule has 0 bridgehead atoms. The second-order valence-electron chi connectivity index (χ2n) is 8.13. The van der Waals surface area contributed by atoms with Crippen molar-refractivity contribution in [2.24, 2.45) is 5.73 Å². The molecule has 1 amide bonds. The Balaban J connectivity index is 0.000000947. The lowest BCUT2D eigenvalue weighted by molar-refractivity contribution is -0.131. The summed E-state index contributed by atoms with van der Waals surface area (Å²) in [5.41, 5.74) is 11.9. The normalized spacial score (nSPS) is 12.6. The summed E-state index contributed by atoms with van der Waals surface area (Å²) in [4.78, 5) is 25.0. The first-order valence-corrected chi connectivity index (χ1v) is 12.0. The van der Waals surface area contributed by atoms with E-state index in [9.17, 15) is 9.18 Å². The number of hydrogen-bond acceptors (Lipinski definition) is 8. The number of hydrogen-bond donors (Lipinski definition) is 2. The summed E-state index contributed by atoms with van der Waals surface area (Å²) in [5, 5.41) is 0.337. The number of nitrogens with two attached hydrogens (primary N) is 2. The monoisotopic (exact) mass is 528 g/mol. The van der Waals surface area contributed by atoms with Crippen molar-refractivity contribution in [3.63, 3.8) is 0 Å². The lowest BCUT2D eigenvalue weighted by Gasteiger charge is -2.35. The van der Waals surface area contributed by atoms with E-state index in [-0.39, 0.29) is 34.6 Å². The van der Waals surface area contributed by atoms with Gasteiger partial charge in [0.15, 0.2) is 17.3 Å². The van der Waals surface area contributed by atoms with Gasteiger partial charge in [-0.15, -0.1) is 12.8 Å². The summed E-state index contributed by atoms with van der Waals surface area (Å²) in [7, 11) is 2.76. The van der Waals surface area contributed by atoms with Crippen LogP contribution in [0.3, 0.4) is 0 Å². The standard InChI is InChI=1S/C23H25F2N5O3.C2H7N.C2H2/c1-32-17-13-16-20(19(25)21(17)33-2)27-23(28-22(16)26)30-11-9-29(10-12-30)18(31)8-5-14-3-6-15(24)7-4-14;1-2-3;1-2/h3-4,6-7,13H,5,8-12H2,1-2H3,(H2,26,27,28);2-3H2,1H3;1-2H. The molecule has 1 fully saturated rings. The third kappa shape index (κ3) is 7.20. The van der Waals surface area contributed by atoms with Gasteiger partial charge in [0.2, 0.25) is 11.9 Å². The fourth-order valence-corrected chi connectivity index (χ4v) is 3.90. The van der Waals surface area contributed by atoms with Gasteiger partial charge in [-0.25, -0.2) is 13.8 Å². The van der Waals surface area contributed by atoms with Crippen LogP contribution in [0.2, 0.25) is 0 Å². The topological polar surface area (TPSA) is 120 Å². The Hall–Kier alpha value is -4.17. The third-order valence-electron chi connectivity index (χ3n) is 5.75. The summed E-state index contributed by atoms with van der Waals surface area (Å²) in [6.45, 7) is 4.60. The van der Waals surface area contributed by atoms with Gasteiger partial charge < -0.3 is 30.7 Å². The maximum absolute atomic E-state index is 15.0. The number of anilines is 2. The van der Waals surface area contributed by atoms with Gasteiger partial charge in [0.25, 0.3) is 0 Å². The number of methoxy groups -OCH3 is 2. The highest BCUT2D eigenvalue weighted by atomic mass is 19.1. The van der Waals surface area contributed by atoms with E-state index in [0.717, 1.165) is 12.1 Å². The number of aromatic nitrogens is 2. The molecule has 2 heterocycles. The summed E-state index contributed by atoms with van der Waals surface area (Å²) in [6.07, 6.45) is 8.89. The number of terminal acetylenes is 1. The van der Waals surface area contributed by atoms with Crippen LogP contribution < -0.4 is 25.8 Å². The molecular weight excluding hydrogens is 494 g/mol. The van der Waals surface area contributed by atoms with Crippen LogP contribution in [-0.4, -0.2) is 67.7 Å². The molecular formula is C27H34F2N6O3. The van der Waals surface area contributed by atoms with Crippen molar-refractivity contribution in [2.75, 3.05) is 57.6 Å². The molecule has 3 aromatic rings. The average Bonchev–Trinajstić information content (AvgIpc) is 2.94. The van der Waals surface area contributed by atoms with Crippen LogP contribution in [0.25, 0.3) is 10.9 Å². The molecule has 0 saturated carbocycles. The first-order valence-electron chi connectivity index (χ1n) is 12.0. The molecule has 11 heteroatoms. The Morgan fingerprint density at radius 3 is 2.21 bits per heavy atom. The smallest absolute Gasteiger partial charge is 0.228 e. The zero-order valence-corrected chi connectivity index (χ0v) is 21.9. The molecule has 9 nitrogen and oxygen atoms in total. The predicted octanol–water partition coefficient (Wildman–Crippen LogP) is 3.00. The Kier molecular flexibility index (Phi) is 11.5. The Morgan fingerprint density at radius 1 is 1.05 bits per heavy atom. The number of nitrogen functional groups attached to an aromatic ring is 1. The molecule has 0 unspecified atom stereocenters. The lowest BCUT2D eigenvalue weighted by atomic mass is 10.1. The van der Waals surface area contributed by atoms with Crippen LogP contribution in [-0.2, 0) is 11.2 Å². The first-order chi connectivity index (χ1) is 18.3. The van der Waals surface area contributed by atoms with Gasteiger partial charge in [-0.1, -0.05) is 19.1 Å². The minimum Gasteiger partial charge on any atom is -0.493 e. The van der Waals surface area contributed by atoms with Crippen molar-refractivity contribution in [3.8, 4) is 24.3 Å². The maximum atomic E-state index is 15.0. The van der Waals surface area contributed by atoms with E-state index >= 15 is 4.39 Å². The molecule has 204 valence electrons. The number of aryl methyl sites for hydroxylation is 1. The van der Waals surface area contributed by atoms with Crippen molar-refractivity contribution in [1.29, 1.82) is 0 Å². The highest BCUT2D eigenvalue weighted by Gasteiger charge is 2.25. The predicted molar refractivity (Wildman–Crippen MR) is 145 cm³/mol. The minimum atomic E-state index is -0.670. The molecule has 0 spiro atoms. The van der Waals surface area contributed by atoms with Gasteiger partial charge >= 0.3 is 0 Å². The van der Waals surface area contributed by atoms with Crippen molar-refractivity contribution in [3.05, 3.63) is 47.5 Å². The molecule has 1 aliphatic heterocycles. The Bertz CT molecular complexity index is 1230. The average molecular weight is 529 g/mol. The molecule has 0 atom stereocenters. The fourth-order valence-electron chi connectivity index (χ4n) is 3.90. The first kappa shape index (κ1) is 30.1. The number of nitrogens with zero attached hydrogens (tertiary/aromatic N) is 4. The Labute approximate surface area is 221 Å². The van der Waals surface area contributed by atoms with Crippen LogP contribution in [0, 0.1) is 24.5 Å². The number of fused-ring (bicyclic) bond motifs is 1. The van der Waals surface area contributed by atoms with E-state index in [4.69, 9.17) is 20.9 Å². The lowest BCUT2D eigenvalue weighted by Crippen LogP contribution is -2.49. The van der Waals surface area contributed by atoms with Crippen molar-refractivity contribution in [2.45, 2.75) is 19.8 Å². The number of carbonyl (C=O) groups is 1. The van der Waals surface area contributed by atoms with Crippen LogP contribution in [0.4, 0.5) is 20.5 Å². The molecule has 4 rings (SSSR count). The van der Waals surface area contributed by atoms with E-state index in [1.807, 2.05) is 11.8 Å². The number of halogens is 2. The molecule has 0 aliphatic carbocycles. The zero-order chi connectivity index (χ0) is 28.2. The minimum absolute atomic E-state index is 0.0285. The van der Waals surface area contributed by atoms with Crippen LogP contribution in [0.15, 0.2) is 30.3 Å². The second kappa shape index (κ2) is 14.5. The summed E-state index contributed by atoms with van der Waals surface area (Å²) in [5.74, 6) is -0.353. The van der Waals surface area contributed by atoms with Crippen LogP contribution >= 0.6 is 0 Å². The van der Waals surface area contributed by atoms with Crippen molar-refractivity contribution >= 4 is 28.6 Å². The van der Waals surface area contributed by atoms with E-state index in [0.29, 0.717) is 50.4 Å². The molecule has 1 aromatic heterocycles. The highest BCUT2D eigenvalue weighted by molar-refractivity contribution is 5.92. The van der Waals surface area contributed by atoms with Crippen molar-refractivity contribution < 1.29 is 23.0 Å². The highest BCUT2D eigenvalue weighted by Crippen LogP contribution is 2.37. The van der Waals surface area contributed by atoms with E-state index in [1.54, 1.807) is 23.1 Å². The fraction of sp³-hybridized carbons (Fsp3) is 0.370. The maximum Gasteiger partial charge on any atom is 0.228 e. The van der Waals surface area contributed by atoms with Crippen LogP contribution in [0.5, 0.6) is 11.5 Å². The van der Waals surface area contributed by atoms with Crippen LogP contribution in [0.1, 0.15) is 18.9 Å². The summed E-state index contributed by atoms with van der Waals surface area (Å²) >= 11 is 0. The molecule has 38 heavy (non-hydrogen) atoms. The van der Waals surface area contributed by atoms with Gasteiger partial charge in [-0.3, -0.25) is 4.79 Å². The molecule has 0 radical (unpaired) electrons. The molecule has 2 aromatic carbocycles. The van der Waals surface area contributed by atoms with E-state index < -0.39 is 5.82 Å².